The van der Waals surface area contributed by atoms with Crippen molar-refractivity contribution in [2.45, 2.75) is 6.54 Å². The molecule has 9 nitrogen and oxygen atoms in total. The van der Waals surface area contributed by atoms with Gasteiger partial charge in [0.05, 0.1) is 13.7 Å². The molecular formula is C15H18N4O5. The van der Waals surface area contributed by atoms with Gasteiger partial charge in [0.15, 0.2) is 0 Å². The van der Waals surface area contributed by atoms with E-state index in [0.717, 1.165) is 9.13 Å². The van der Waals surface area contributed by atoms with Crippen molar-refractivity contribution in [1.82, 2.24) is 9.13 Å². The zero-order valence-corrected chi connectivity index (χ0v) is 13.3. The van der Waals surface area contributed by atoms with Crippen molar-refractivity contribution < 1.29 is 14.6 Å². The second-order valence-electron chi connectivity index (χ2n) is 5.05. The fourth-order valence-corrected chi connectivity index (χ4v) is 2.13. The number of amides is 1. The van der Waals surface area contributed by atoms with Gasteiger partial charge in [-0.2, -0.15) is 0 Å². The van der Waals surface area contributed by atoms with E-state index in [1.807, 2.05) is 0 Å². The first-order chi connectivity index (χ1) is 11.4. The quantitative estimate of drug-likeness (QED) is 0.651. The number of hydrogen-bond acceptors (Lipinski definition) is 6. The van der Waals surface area contributed by atoms with Gasteiger partial charge in [-0.3, -0.25) is 18.7 Å². The third kappa shape index (κ3) is 3.30. The highest BCUT2D eigenvalue weighted by molar-refractivity contribution is 5.93. The van der Waals surface area contributed by atoms with E-state index in [4.69, 9.17) is 15.6 Å². The van der Waals surface area contributed by atoms with Crippen LogP contribution in [0.4, 0.5) is 11.5 Å². The van der Waals surface area contributed by atoms with Crippen molar-refractivity contribution in [3.8, 4) is 5.75 Å². The highest BCUT2D eigenvalue weighted by Crippen LogP contribution is 2.13. The van der Waals surface area contributed by atoms with Gasteiger partial charge in [0, 0.05) is 7.05 Å². The molecule has 24 heavy (non-hydrogen) atoms. The minimum atomic E-state index is -0.805. The van der Waals surface area contributed by atoms with E-state index < -0.39 is 23.8 Å². The first kappa shape index (κ1) is 17.3. The fraction of sp³-hybridized carbons (Fsp3) is 0.267. The minimum Gasteiger partial charge on any atom is -0.497 e. The average molecular weight is 334 g/mol. The first-order valence-electron chi connectivity index (χ1n) is 7.02. The lowest BCUT2D eigenvalue weighted by atomic mass is 10.2. The van der Waals surface area contributed by atoms with Crippen LogP contribution in [0.3, 0.4) is 0 Å². The van der Waals surface area contributed by atoms with Gasteiger partial charge in [-0.25, -0.2) is 4.79 Å². The maximum atomic E-state index is 12.5. The number of aliphatic hydroxyl groups is 1. The van der Waals surface area contributed by atoms with Crippen LogP contribution >= 0.6 is 0 Å². The number of aliphatic hydroxyl groups excluding tert-OH is 1. The second kappa shape index (κ2) is 7.01. The molecule has 4 N–H and O–H groups in total. The molecule has 9 heteroatoms. The van der Waals surface area contributed by atoms with Crippen molar-refractivity contribution in [3.63, 3.8) is 0 Å². The summed E-state index contributed by atoms with van der Waals surface area (Å²) in [4.78, 5) is 36.2. The van der Waals surface area contributed by atoms with Crippen LogP contribution in [-0.2, 0) is 18.4 Å². The van der Waals surface area contributed by atoms with Crippen molar-refractivity contribution >= 4 is 17.4 Å². The maximum Gasteiger partial charge on any atom is 0.332 e. The van der Waals surface area contributed by atoms with Crippen molar-refractivity contribution in [2.75, 3.05) is 24.8 Å². The zero-order valence-electron chi connectivity index (χ0n) is 13.3. The monoisotopic (exact) mass is 334 g/mol. The molecule has 0 radical (unpaired) electrons. The highest BCUT2D eigenvalue weighted by Gasteiger charge is 2.17. The molecule has 0 bridgehead atoms. The van der Waals surface area contributed by atoms with Gasteiger partial charge in [-0.1, -0.05) is 12.1 Å². The number of benzene rings is 1. The van der Waals surface area contributed by atoms with Gasteiger partial charge in [-0.05, 0) is 17.7 Å². The lowest BCUT2D eigenvalue weighted by Gasteiger charge is -2.14. The van der Waals surface area contributed by atoms with Gasteiger partial charge < -0.3 is 20.9 Å². The molecule has 128 valence electrons. The average Bonchev–Trinajstić information content (AvgIpc) is 2.61. The Balaban J connectivity index is 2.50. The molecule has 0 aliphatic heterocycles. The molecule has 0 aliphatic rings. The molecule has 2 rings (SSSR count). The summed E-state index contributed by atoms with van der Waals surface area (Å²) < 4.78 is 7.06. The van der Waals surface area contributed by atoms with E-state index in [1.165, 1.54) is 14.2 Å². The SMILES string of the molecule is COc1ccc(Cn2c(=O)c(NC(=O)CO)c(N)n(C)c2=O)cc1. The van der Waals surface area contributed by atoms with Gasteiger partial charge >= 0.3 is 5.69 Å². The van der Waals surface area contributed by atoms with Gasteiger partial charge in [0.1, 0.15) is 23.9 Å². The number of nitrogens with two attached hydrogens (primary N) is 1. The third-order valence-corrected chi connectivity index (χ3v) is 3.50. The van der Waals surface area contributed by atoms with Crippen LogP contribution in [0.1, 0.15) is 5.56 Å². The Bertz CT molecular complexity index is 867. The largest absolute Gasteiger partial charge is 0.497 e. The van der Waals surface area contributed by atoms with Crippen LogP contribution < -0.4 is 27.0 Å². The summed E-state index contributed by atoms with van der Waals surface area (Å²) in [5.74, 6) is -0.335. The number of nitrogens with zero attached hydrogens (tertiary/aromatic N) is 2. The Morgan fingerprint density at radius 1 is 1.29 bits per heavy atom. The molecule has 0 spiro atoms. The summed E-state index contributed by atoms with van der Waals surface area (Å²) in [5, 5.41) is 11.0. The van der Waals surface area contributed by atoms with E-state index in [9.17, 15) is 14.4 Å². The van der Waals surface area contributed by atoms with Crippen LogP contribution in [0, 0.1) is 0 Å². The molecule has 1 aromatic heterocycles. The van der Waals surface area contributed by atoms with E-state index in [0.29, 0.717) is 11.3 Å². The van der Waals surface area contributed by atoms with Gasteiger partial charge in [-0.15, -0.1) is 0 Å². The fourth-order valence-electron chi connectivity index (χ4n) is 2.13. The molecule has 1 amide bonds. The van der Waals surface area contributed by atoms with E-state index in [2.05, 4.69) is 5.32 Å². The number of methoxy groups -OCH3 is 1. The number of hydrogen-bond donors (Lipinski definition) is 3. The van der Waals surface area contributed by atoms with E-state index in [1.54, 1.807) is 24.3 Å². The molecule has 0 aliphatic carbocycles. The van der Waals surface area contributed by atoms with Crippen molar-refractivity contribution in [1.29, 1.82) is 0 Å². The Labute approximate surface area is 136 Å². The van der Waals surface area contributed by atoms with Crippen LogP contribution in [0.2, 0.25) is 0 Å². The summed E-state index contributed by atoms with van der Waals surface area (Å²) in [7, 11) is 2.92. The van der Waals surface area contributed by atoms with Crippen LogP contribution in [0.25, 0.3) is 0 Å². The number of carbonyl (C=O) groups is 1. The van der Waals surface area contributed by atoms with Crippen molar-refractivity contribution in [3.05, 3.63) is 50.7 Å². The van der Waals surface area contributed by atoms with Gasteiger partial charge in [0.2, 0.25) is 5.91 Å². The normalized spacial score (nSPS) is 10.5. The number of ether oxygens (including phenoxy) is 1. The van der Waals surface area contributed by atoms with Crippen LogP contribution in [0.5, 0.6) is 5.75 Å². The van der Waals surface area contributed by atoms with E-state index in [-0.39, 0.29) is 18.1 Å². The lowest BCUT2D eigenvalue weighted by Crippen LogP contribution is -2.42. The third-order valence-electron chi connectivity index (χ3n) is 3.50. The Kier molecular flexibility index (Phi) is 5.05. The standard InChI is InChI=1S/C15H18N4O5/c1-18-13(16)12(17-11(21)8-20)14(22)19(15(18)23)7-9-3-5-10(24-2)6-4-9/h3-6,20H,7-8,16H2,1-2H3,(H,17,21). The van der Waals surface area contributed by atoms with Crippen molar-refractivity contribution in [2.24, 2.45) is 7.05 Å². The van der Waals surface area contributed by atoms with Crippen LogP contribution in [-0.4, -0.2) is 33.9 Å². The molecular weight excluding hydrogens is 316 g/mol. The predicted octanol–water partition coefficient (Wildman–Crippen LogP) is -0.883. The summed E-state index contributed by atoms with van der Waals surface area (Å²) in [6.45, 7) is -0.808. The highest BCUT2D eigenvalue weighted by atomic mass is 16.5. The van der Waals surface area contributed by atoms with Gasteiger partial charge in [0.25, 0.3) is 5.56 Å². The number of carbonyl (C=O) groups excluding carboxylic acids is 1. The zero-order chi connectivity index (χ0) is 17.9. The number of nitrogens with one attached hydrogen (secondary N) is 1. The summed E-state index contributed by atoms with van der Waals surface area (Å²) in [5.41, 5.74) is 4.81. The Morgan fingerprint density at radius 2 is 1.92 bits per heavy atom. The number of aromatic nitrogens is 2. The first-order valence-corrected chi connectivity index (χ1v) is 7.02. The summed E-state index contributed by atoms with van der Waals surface area (Å²) in [6.07, 6.45) is 0. The molecule has 0 atom stereocenters. The second-order valence-corrected chi connectivity index (χ2v) is 5.05. The van der Waals surface area contributed by atoms with E-state index >= 15 is 0 Å². The summed E-state index contributed by atoms with van der Waals surface area (Å²) >= 11 is 0. The molecule has 1 aromatic carbocycles. The number of anilines is 2. The molecule has 0 saturated heterocycles. The molecule has 0 unspecified atom stereocenters. The molecule has 2 aromatic rings. The predicted molar refractivity (Wildman–Crippen MR) is 88.2 cm³/mol. The summed E-state index contributed by atoms with van der Waals surface area (Å²) in [6, 6.07) is 6.84. The maximum absolute atomic E-state index is 12.5. The number of nitrogen functional groups attached to an aromatic ring is 1. The lowest BCUT2D eigenvalue weighted by molar-refractivity contribution is -0.118. The Hall–Kier alpha value is -3.07. The minimum absolute atomic E-state index is 0.00221. The molecule has 0 fully saturated rings. The molecule has 0 saturated carbocycles. The smallest absolute Gasteiger partial charge is 0.332 e. The van der Waals surface area contributed by atoms with Crippen LogP contribution in [0.15, 0.2) is 33.9 Å². The Morgan fingerprint density at radius 3 is 2.46 bits per heavy atom. The molecule has 1 heterocycles. The topological polar surface area (TPSA) is 129 Å². The number of rotatable bonds is 5.